The SMILES string of the molecule is CCCc1ccc(C#Cc2ccc(Cl)cn2)cc1.[Cu][I]. The van der Waals surface area contributed by atoms with Gasteiger partial charge in [-0.25, -0.2) is 4.98 Å². The molecule has 0 unspecified atom stereocenters. The van der Waals surface area contributed by atoms with Gasteiger partial charge >= 0.3 is 33.1 Å². The van der Waals surface area contributed by atoms with E-state index < -0.39 is 0 Å². The standard InChI is InChI=1S/C16H14ClN.Cu.HI/c1-2-3-13-4-6-14(7-5-13)8-10-16-11-9-15(17)12-18-16;;/h4-7,9,11-12H,2-3H2,1H3;;1H/q;+1;/p-1. The molecule has 4 heteroatoms. The first-order valence-corrected chi connectivity index (χ1v) is 9.53. The molecule has 0 fully saturated rings. The van der Waals surface area contributed by atoms with Crippen LogP contribution < -0.4 is 0 Å². The Balaban J connectivity index is 0.000000956. The molecular formula is C16H14ClCuIN. The molecule has 1 aromatic heterocycles. The number of halogens is 2. The van der Waals surface area contributed by atoms with Crippen molar-refractivity contribution in [3.8, 4) is 11.8 Å². The van der Waals surface area contributed by atoms with Crippen LogP contribution in [0.3, 0.4) is 0 Å². The second kappa shape index (κ2) is 10.2. The molecule has 20 heavy (non-hydrogen) atoms. The van der Waals surface area contributed by atoms with Crippen molar-refractivity contribution < 1.29 is 12.8 Å². The first kappa shape index (κ1) is 17.5. The monoisotopic (exact) mass is 445 g/mol. The van der Waals surface area contributed by atoms with E-state index in [9.17, 15) is 0 Å². The second-order valence-corrected chi connectivity index (χ2v) is 4.50. The van der Waals surface area contributed by atoms with E-state index in [1.165, 1.54) is 12.0 Å². The van der Waals surface area contributed by atoms with Gasteiger partial charge in [-0.3, -0.25) is 0 Å². The number of rotatable bonds is 2. The van der Waals surface area contributed by atoms with Gasteiger partial charge < -0.3 is 0 Å². The molecule has 0 aliphatic heterocycles. The zero-order chi connectivity index (χ0) is 14.8. The molecule has 108 valence electrons. The van der Waals surface area contributed by atoms with Crippen LogP contribution in [0.15, 0.2) is 42.6 Å². The fourth-order valence-corrected chi connectivity index (χ4v) is 1.74. The molecular weight excluding hydrogens is 432 g/mol. The van der Waals surface area contributed by atoms with E-state index in [0.29, 0.717) is 5.02 Å². The van der Waals surface area contributed by atoms with Gasteiger partial charge in [0.05, 0.1) is 5.02 Å². The van der Waals surface area contributed by atoms with Crippen LogP contribution in [0, 0.1) is 11.8 Å². The van der Waals surface area contributed by atoms with Crippen LogP contribution in [-0.4, -0.2) is 4.98 Å². The molecule has 0 radical (unpaired) electrons. The fraction of sp³-hybridized carbons (Fsp3) is 0.188. The molecule has 1 heterocycles. The summed E-state index contributed by atoms with van der Waals surface area (Å²) in [6.45, 7) is 2.18. The normalized spacial score (nSPS) is 9.05. The van der Waals surface area contributed by atoms with E-state index in [4.69, 9.17) is 11.6 Å². The van der Waals surface area contributed by atoms with Crippen molar-refractivity contribution in [1.29, 1.82) is 0 Å². The Bertz CT molecular complexity index is 570. The van der Waals surface area contributed by atoms with Gasteiger partial charge in [0.25, 0.3) is 0 Å². The van der Waals surface area contributed by atoms with Gasteiger partial charge in [-0.2, -0.15) is 0 Å². The van der Waals surface area contributed by atoms with Gasteiger partial charge in [-0.1, -0.05) is 43.0 Å². The Morgan fingerprint density at radius 1 is 1.10 bits per heavy atom. The second-order valence-electron chi connectivity index (χ2n) is 4.06. The summed E-state index contributed by atoms with van der Waals surface area (Å²) in [6.07, 6.45) is 3.89. The number of benzene rings is 1. The molecule has 0 saturated carbocycles. The molecule has 0 saturated heterocycles. The number of hydrogen-bond acceptors (Lipinski definition) is 1. The van der Waals surface area contributed by atoms with Crippen LogP contribution in [0.5, 0.6) is 0 Å². The van der Waals surface area contributed by atoms with Crippen molar-refractivity contribution >= 4 is 31.9 Å². The average molecular weight is 446 g/mol. The maximum atomic E-state index is 5.77. The van der Waals surface area contributed by atoms with Crippen LogP contribution >= 0.6 is 31.9 Å². The van der Waals surface area contributed by atoms with Gasteiger partial charge in [-0.15, -0.1) is 0 Å². The summed E-state index contributed by atoms with van der Waals surface area (Å²) in [6, 6.07) is 12.0. The first-order chi connectivity index (χ1) is 9.78. The predicted octanol–water partition coefficient (Wildman–Crippen LogP) is 4.97. The van der Waals surface area contributed by atoms with Crippen molar-refractivity contribution in [1.82, 2.24) is 4.98 Å². The quantitative estimate of drug-likeness (QED) is 0.361. The van der Waals surface area contributed by atoms with E-state index in [1.54, 1.807) is 32.6 Å². The summed E-state index contributed by atoms with van der Waals surface area (Å²) in [4.78, 5) is 4.13. The van der Waals surface area contributed by atoms with Gasteiger partial charge in [0.2, 0.25) is 0 Å². The third-order valence-corrected chi connectivity index (χ3v) is 2.78. The average Bonchev–Trinajstić information content (AvgIpc) is 2.50. The Morgan fingerprint density at radius 3 is 2.35 bits per heavy atom. The third-order valence-electron chi connectivity index (χ3n) is 2.55. The number of aromatic nitrogens is 1. The number of hydrogen-bond donors (Lipinski definition) is 0. The predicted molar refractivity (Wildman–Crippen MR) is 89.7 cm³/mol. The van der Waals surface area contributed by atoms with Crippen molar-refractivity contribution in [3.05, 3.63) is 64.4 Å². The van der Waals surface area contributed by atoms with E-state index >= 15 is 0 Å². The van der Waals surface area contributed by atoms with Crippen molar-refractivity contribution in [3.63, 3.8) is 0 Å². The minimum atomic E-state index is 0.629. The van der Waals surface area contributed by atoms with Crippen molar-refractivity contribution in [2.75, 3.05) is 0 Å². The molecule has 0 aliphatic rings. The molecule has 2 aromatic rings. The Hall–Kier alpha value is -0.531. The number of nitrogens with zero attached hydrogens (tertiary/aromatic N) is 1. The Kier molecular flexibility index (Phi) is 8.96. The maximum absolute atomic E-state index is 5.77. The number of aryl methyl sites for hydroxylation is 1. The van der Waals surface area contributed by atoms with E-state index in [2.05, 4.69) is 48.6 Å². The van der Waals surface area contributed by atoms with Gasteiger partial charge in [0, 0.05) is 11.8 Å². The van der Waals surface area contributed by atoms with Crippen LogP contribution in [0.2, 0.25) is 5.02 Å². The van der Waals surface area contributed by atoms with E-state index in [-0.39, 0.29) is 0 Å². The van der Waals surface area contributed by atoms with Gasteiger partial charge in [0.1, 0.15) is 5.69 Å². The summed E-state index contributed by atoms with van der Waals surface area (Å²) in [5.74, 6) is 6.11. The number of pyridine rings is 1. The molecule has 1 aromatic carbocycles. The molecule has 0 aliphatic carbocycles. The summed E-state index contributed by atoms with van der Waals surface area (Å²) >= 11 is 11.6. The van der Waals surface area contributed by atoms with Gasteiger partial charge in [-0.05, 0) is 42.2 Å². The Morgan fingerprint density at radius 2 is 1.80 bits per heavy atom. The summed E-state index contributed by atoms with van der Waals surface area (Å²) < 4.78 is 0. The zero-order valence-corrected chi connectivity index (χ0v) is 14.8. The fourth-order valence-electron chi connectivity index (χ4n) is 1.63. The third kappa shape index (κ3) is 6.28. The molecule has 0 amide bonds. The van der Waals surface area contributed by atoms with E-state index in [1.807, 2.05) is 18.2 Å². The van der Waals surface area contributed by atoms with Gasteiger partial charge in [0.15, 0.2) is 0 Å². The summed E-state index contributed by atoms with van der Waals surface area (Å²) in [5, 5.41) is 0.629. The van der Waals surface area contributed by atoms with Crippen molar-refractivity contribution in [2.24, 2.45) is 0 Å². The minimum absolute atomic E-state index is 0.629. The first-order valence-electron chi connectivity index (χ1n) is 6.12. The molecule has 1 nitrogen and oxygen atoms in total. The molecule has 0 spiro atoms. The van der Waals surface area contributed by atoms with Crippen LogP contribution in [-0.2, 0) is 19.2 Å². The molecule has 0 atom stereocenters. The van der Waals surface area contributed by atoms with Crippen LogP contribution in [0.1, 0.15) is 30.2 Å². The summed E-state index contributed by atoms with van der Waals surface area (Å²) in [7, 11) is 0. The van der Waals surface area contributed by atoms with E-state index in [0.717, 1.165) is 17.7 Å². The molecule has 0 N–H and O–H groups in total. The Labute approximate surface area is 145 Å². The van der Waals surface area contributed by atoms with Crippen molar-refractivity contribution in [2.45, 2.75) is 19.8 Å². The summed E-state index contributed by atoms with van der Waals surface area (Å²) in [5.41, 5.74) is 3.09. The molecule has 2 rings (SSSR count). The molecule has 0 bridgehead atoms. The topological polar surface area (TPSA) is 12.9 Å². The van der Waals surface area contributed by atoms with Crippen LogP contribution in [0.25, 0.3) is 0 Å². The zero-order valence-electron chi connectivity index (χ0n) is 11.0. The van der Waals surface area contributed by atoms with Crippen LogP contribution in [0.4, 0.5) is 0 Å².